The van der Waals surface area contributed by atoms with Crippen LogP contribution in [0.5, 0.6) is 0 Å². The first-order chi connectivity index (χ1) is 32.1. The summed E-state index contributed by atoms with van der Waals surface area (Å²) in [4.78, 5) is 0. The highest BCUT2D eigenvalue weighted by molar-refractivity contribution is 6.13. The molecular formula is C59H37F3N4. The highest BCUT2D eigenvalue weighted by Gasteiger charge is 2.34. The van der Waals surface area contributed by atoms with Crippen LogP contribution in [0.1, 0.15) is 27.8 Å². The molecular weight excluding hydrogens is 822 g/mol. The summed E-state index contributed by atoms with van der Waals surface area (Å²) in [5, 5.41) is 24.2. The van der Waals surface area contributed by atoms with Crippen LogP contribution in [0.15, 0.2) is 188 Å². The van der Waals surface area contributed by atoms with Gasteiger partial charge in [-0.3, -0.25) is 0 Å². The number of rotatable bonds is 6. The Kier molecular flexibility index (Phi) is 9.46. The molecule has 314 valence electrons. The minimum absolute atomic E-state index is 0.0462. The van der Waals surface area contributed by atoms with E-state index in [4.69, 9.17) is 0 Å². The average Bonchev–Trinajstić information content (AvgIpc) is 3.85. The molecule has 11 aromatic rings. The third-order valence-corrected chi connectivity index (χ3v) is 12.7. The molecule has 66 heavy (non-hydrogen) atoms. The van der Waals surface area contributed by atoms with Crippen molar-refractivity contribution in [1.82, 2.24) is 9.13 Å². The lowest BCUT2D eigenvalue weighted by molar-refractivity contribution is -0.137. The number of hydrogen-bond acceptors (Lipinski definition) is 2. The first kappa shape index (κ1) is 40.1. The molecule has 4 nitrogen and oxygen atoms in total. The molecule has 2 heterocycles. The van der Waals surface area contributed by atoms with Crippen LogP contribution >= 0.6 is 0 Å². The van der Waals surface area contributed by atoms with Gasteiger partial charge in [0.15, 0.2) is 0 Å². The van der Waals surface area contributed by atoms with Crippen molar-refractivity contribution in [3.05, 3.63) is 216 Å². The predicted molar refractivity (Wildman–Crippen MR) is 261 cm³/mol. The quantitative estimate of drug-likeness (QED) is 0.167. The van der Waals surface area contributed by atoms with Gasteiger partial charge in [-0.2, -0.15) is 23.7 Å². The molecule has 2 aromatic heterocycles. The topological polar surface area (TPSA) is 57.4 Å². The minimum atomic E-state index is -4.73. The molecule has 7 heteroatoms. The molecule has 0 amide bonds. The van der Waals surface area contributed by atoms with E-state index < -0.39 is 11.7 Å². The van der Waals surface area contributed by atoms with Crippen LogP contribution < -0.4 is 0 Å². The Labute approximate surface area is 378 Å². The molecule has 0 spiro atoms. The lowest BCUT2D eigenvalue weighted by atomic mass is 9.92. The van der Waals surface area contributed by atoms with Gasteiger partial charge in [0, 0.05) is 32.7 Å². The summed E-state index contributed by atoms with van der Waals surface area (Å²) < 4.78 is 49.2. The Morgan fingerprint density at radius 1 is 0.379 bits per heavy atom. The number of para-hydroxylation sites is 2. The summed E-state index contributed by atoms with van der Waals surface area (Å²) in [5.74, 6) is 0. The van der Waals surface area contributed by atoms with Gasteiger partial charge >= 0.3 is 6.18 Å². The number of fused-ring (bicyclic) bond motifs is 6. The number of nitriles is 2. The van der Waals surface area contributed by atoms with Gasteiger partial charge in [-0.15, -0.1) is 0 Å². The van der Waals surface area contributed by atoms with Gasteiger partial charge in [0.05, 0.1) is 62.3 Å². The number of nitrogens with zero attached hydrogens (tertiary/aromatic N) is 4. The second-order valence-electron chi connectivity index (χ2n) is 16.9. The minimum Gasteiger partial charge on any atom is -0.309 e. The number of hydrogen-bond donors (Lipinski definition) is 0. The van der Waals surface area contributed by atoms with Crippen molar-refractivity contribution in [2.24, 2.45) is 0 Å². The summed E-state index contributed by atoms with van der Waals surface area (Å²) in [6, 6.07) is 65.0. The first-order valence-corrected chi connectivity index (χ1v) is 21.6. The van der Waals surface area contributed by atoms with Crippen molar-refractivity contribution >= 4 is 43.6 Å². The Morgan fingerprint density at radius 2 is 0.864 bits per heavy atom. The normalized spacial score (nSPS) is 11.7. The third kappa shape index (κ3) is 6.69. The van der Waals surface area contributed by atoms with Crippen LogP contribution in [0.4, 0.5) is 13.2 Å². The molecule has 0 fully saturated rings. The average molecular weight is 859 g/mol. The monoisotopic (exact) mass is 858 g/mol. The van der Waals surface area contributed by atoms with Crippen molar-refractivity contribution in [1.29, 1.82) is 10.5 Å². The Hall–Kier alpha value is -8.65. The third-order valence-electron chi connectivity index (χ3n) is 12.7. The van der Waals surface area contributed by atoms with Gasteiger partial charge in [-0.05, 0) is 120 Å². The van der Waals surface area contributed by atoms with Crippen LogP contribution in [0.3, 0.4) is 0 Å². The summed E-state index contributed by atoms with van der Waals surface area (Å²) in [6.45, 7) is 4.16. The van der Waals surface area contributed by atoms with Gasteiger partial charge < -0.3 is 9.13 Å². The molecule has 0 bridgehead atoms. The summed E-state index contributed by atoms with van der Waals surface area (Å²) >= 11 is 0. The second kappa shape index (κ2) is 15.6. The van der Waals surface area contributed by atoms with Crippen LogP contribution in [-0.4, -0.2) is 9.13 Å². The number of aromatic nitrogens is 2. The van der Waals surface area contributed by atoms with E-state index in [1.807, 2.05) is 54.6 Å². The van der Waals surface area contributed by atoms with Gasteiger partial charge in [0.2, 0.25) is 0 Å². The fourth-order valence-corrected chi connectivity index (χ4v) is 9.70. The van der Waals surface area contributed by atoms with Crippen LogP contribution in [-0.2, 0) is 6.18 Å². The van der Waals surface area contributed by atoms with Gasteiger partial charge in [0.1, 0.15) is 0 Å². The van der Waals surface area contributed by atoms with Crippen LogP contribution in [0.25, 0.3) is 99.5 Å². The van der Waals surface area contributed by atoms with E-state index in [0.717, 1.165) is 88.7 Å². The number of halogens is 3. The molecule has 9 aromatic carbocycles. The van der Waals surface area contributed by atoms with E-state index in [1.54, 1.807) is 12.1 Å². The molecule has 11 rings (SSSR count). The Morgan fingerprint density at radius 3 is 1.41 bits per heavy atom. The number of alkyl halides is 3. The summed E-state index contributed by atoms with van der Waals surface area (Å²) in [5.41, 5.74) is 12.8. The van der Waals surface area contributed by atoms with E-state index in [2.05, 4.69) is 138 Å². The van der Waals surface area contributed by atoms with Crippen molar-refractivity contribution < 1.29 is 13.2 Å². The van der Waals surface area contributed by atoms with E-state index in [1.165, 1.54) is 12.1 Å². The maximum Gasteiger partial charge on any atom is 0.417 e. The van der Waals surface area contributed by atoms with Gasteiger partial charge in [0.25, 0.3) is 0 Å². The molecule has 0 aliphatic rings. The second-order valence-corrected chi connectivity index (χ2v) is 16.9. The molecule has 0 aliphatic heterocycles. The van der Waals surface area contributed by atoms with Crippen LogP contribution in [0, 0.1) is 36.5 Å². The van der Waals surface area contributed by atoms with Crippen molar-refractivity contribution in [2.75, 3.05) is 0 Å². The maximum atomic E-state index is 14.9. The maximum absolute atomic E-state index is 14.9. The van der Waals surface area contributed by atoms with E-state index >= 15 is 0 Å². The largest absolute Gasteiger partial charge is 0.417 e. The molecule has 0 aliphatic carbocycles. The van der Waals surface area contributed by atoms with Crippen molar-refractivity contribution in [3.63, 3.8) is 0 Å². The number of aryl methyl sites for hydroxylation is 2. The van der Waals surface area contributed by atoms with Gasteiger partial charge in [-0.1, -0.05) is 126 Å². The van der Waals surface area contributed by atoms with E-state index in [-0.39, 0.29) is 11.1 Å². The van der Waals surface area contributed by atoms with Crippen LogP contribution in [0.2, 0.25) is 0 Å². The fourth-order valence-electron chi connectivity index (χ4n) is 9.70. The molecule has 0 saturated carbocycles. The molecule has 0 unspecified atom stereocenters. The highest BCUT2D eigenvalue weighted by Crippen LogP contribution is 2.45. The molecule has 0 N–H and O–H groups in total. The smallest absolute Gasteiger partial charge is 0.309 e. The van der Waals surface area contributed by atoms with E-state index in [9.17, 15) is 23.7 Å². The molecule has 0 saturated heterocycles. The van der Waals surface area contributed by atoms with Gasteiger partial charge in [-0.25, -0.2) is 0 Å². The SMILES string of the molecule is Cc1cccc(-c2ccc3c(c2)c2ccccc2n3-c2ccc(-c3ccc(C#N)cc3C(F)(F)F)cc2-c2ccc(C#N)cc2-n2c3ccccc3c3cc(-c4cccc(C)c4)ccc32)c1. The van der Waals surface area contributed by atoms with Crippen molar-refractivity contribution in [2.45, 2.75) is 20.0 Å². The Bertz CT molecular complexity index is 3870. The Balaban J connectivity index is 1.23. The zero-order valence-electron chi connectivity index (χ0n) is 35.8. The standard InChI is InChI=1S/C59H37F3N4/c1-36-9-7-11-40(27-36)42-19-24-55-49(31-42)46-13-3-5-15-53(46)65(55)56-26-21-44(45-22-17-38(34-63)29-52(45)59(60,61)62)33-51(56)48-23-18-39(35-64)30-58(48)66-54-16-6-4-14-47(54)50-32-43(20-25-57(50)66)41-12-8-10-37(2)28-41/h3-33H,1-2H3. The molecule has 0 atom stereocenters. The highest BCUT2D eigenvalue weighted by atomic mass is 19.4. The summed E-state index contributed by atoms with van der Waals surface area (Å²) in [6.07, 6.45) is -4.73. The lowest BCUT2D eigenvalue weighted by Crippen LogP contribution is -2.08. The zero-order chi connectivity index (χ0) is 45.3. The lowest BCUT2D eigenvalue weighted by Gasteiger charge is -2.21. The number of benzene rings is 9. The van der Waals surface area contributed by atoms with Crippen molar-refractivity contribution in [3.8, 4) is 68.0 Å². The predicted octanol–water partition coefficient (Wildman–Crippen LogP) is 15.9. The zero-order valence-corrected chi connectivity index (χ0v) is 35.8. The fraction of sp³-hybridized carbons (Fsp3) is 0.0508. The van der Waals surface area contributed by atoms with E-state index in [0.29, 0.717) is 27.9 Å². The summed E-state index contributed by atoms with van der Waals surface area (Å²) in [7, 11) is 0. The first-order valence-electron chi connectivity index (χ1n) is 21.6. The molecule has 0 radical (unpaired) electrons.